The summed E-state index contributed by atoms with van der Waals surface area (Å²) in [5, 5.41) is 8.94. The Bertz CT molecular complexity index is 677. The van der Waals surface area contributed by atoms with E-state index < -0.39 is 5.97 Å². The van der Waals surface area contributed by atoms with Gasteiger partial charge in [0.2, 0.25) is 0 Å². The van der Waals surface area contributed by atoms with Gasteiger partial charge in [-0.25, -0.2) is 9.78 Å². The zero-order valence-electron chi connectivity index (χ0n) is 11.2. The van der Waals surface area contributed by atoms with Crippen LogP contribution in [0.4, 0.5) is 11.5 Å². The molecule has 0 atom stereocenters. The molecule has 1 heterocycles. The molecule has 20 heavy (non-hydrogen) atoms. The van der Waals surface area contributed by atoms with Crippen molar-refractivity contribution in [3.05, 3.63) is 53.7 Å². The van der Waals surface area contributed by atoms with Gasteiger partial charge in [0.25, 0.3) is 0 Å². The summed E-state index contributed by atoms with van der Waals surface area (Å²) < 4.78 is 4.75. The van der Waals surface area contributed by atoms with Gasteiger partial charge in [0.15, 0.2) is 0 Å². The van der Waals surface area contributed by atoms with Gasteiger partial charge in [-0.3, -0.25) is 0 Å². The fourth-order valence-corrected chi connectivity index (χ4v) is 1.84. The molecule has 1 aromatic heterocycles. The topological polar surface area (TPSA) is 66.2 Å². The molecule has 5 heteroatoms. The number of hydrogen-bond donors (Lipinski definition) is 0. The molecule has 0 saturated heterocycles. The first-order chi connectivity index (χ1) is 9.67. The van der Waals surface area contributed by atoms with Crippen molar-refractivity contribution in [3.8, 4) is 6.07 Å². The van der Waals surface area contributed by atoms with Gasteiger partial charge in [0.1, 0.15) is 11.4 Å². The van der Waals surface area contributed by atoms with Crippen molar-refractivity contribution in [2.75, 3.05) is 19.1 Å². The quantitative estimate of drug-likeness (QED) is 0.799. The Morgan fingerprint density at radius 2 is 2.15 bits per heavy atom. The van der Waals surface area contributed by atoms with E-state index in [-0.39, 0.29) is 0 Å². The Labute approximate surface area is 117 Å². The van der Waals surface area contributed by atoms with E-state index >= 15 is 0 Å². The Morgan fingerprint density at radius 1 is 1.35 bits per heavy atom. The Balaban J connectivity index is 2.45. The van der Waals surface area contributed by atoms with Gasteiger partial charge in [-0.05, 0) is 30.3 Å². The number of nitrogens with zero attached hydrogens (tertiary/aromatic N) is 3. The number of hydrogen-bond acceptors (Lipinski definition) is 5. The fraction of sp³-hybridized carbons (Fsp3) is 0.133. The largest absolute Gasteiger partial charge is 0.465 e. The second kappa shape index (κ2) is 5.85. The molecule has 0 N–H and O–H groups in total. The van der Waals surface area contributed by atoms with Crippen LogP contribution in [0.25, 0.3) is 0 Å². The SMILES string of the molecule is COC(=O)c1cccnc1N(C)c1cccc(C#N)c1. The summed E-state index contributed by atoms with van der Waals surface area (Å²) in [5.74, 6) is 0.0332. The van der Waals surface area contributed by atoms with Crippen LogP contribution in [0.2, 0.25) is 0 Å². The molecule has 100 valence electrons. The van der Waals surface area contributed by atoms with Crippen LogP contribution in [0, 0.1) is 11.3 Å². The molecule has 2 rings (SSSR count). The van der Waals surface area contributed by atoms with Crippen LogP contribution in [0.15, 0.2) is 42.6 Å². The highest BCUT2D eigenvalue weighted by Crippen LogP contribution is 2.25. The van der Waals surface area contributed by atoms with Crippen LogP contribution in [-0.2, 0) is 4.74 Å². The highest BCUT2D eigenvalue weighted by Gasteiger charge is 2.16. The number of aromatic nitrogens is 1. The molecular formula is C15H13N3O2. The van der Waals surface area contributed by atoms with Crippen LogP contribution in [-0.4, -0.2) is 25.1 Å². The number of carbonyl (C=O) groups excluding carboxylic acids is 1. The molecule has 2 aromatic rings. The van der Waals surface area contributed by atoms with E-state index in [0.717, 1.165) is 5.69 Å². The third-order valence-corrected chi connectivity index (χ3v) is 2.87. The number of anilines is 2. The maximum Gasteiger partial charge on any atom is 0.341 e. The molecule has 0 aliphatic carbocycles. The van der Waals surface area contributed by atoms with Gasteiger partial charge in [-0.1, -0.05) is 6.07 Å². The van der Waals surface area contributed by atoms with Gasteiger partial charge >= 0.3 is 5.97 Å². The van der Waals surface area contributed by atoms with Crippen LogP contribution in [0.3, 0.4) is 0 Å². The van der Waals surface area contributed by atoms with Crippen molar-refractivity contribution in [2.45, 2.75) is 0 Å². The van der Waals surface area contributed by atoms with Gasteiger partial charge in [-0.15, -0.1) is 0 Å². The Morgan fingerprint density at radius 3 is 2.85 bits per heavy atom. The lowest BCUT2D eigenvalue weighted by Gasteiger charge is -2.20. The van der Waals surface area contributed by atoms with Gasteiger partial charge < -0.3 is 9.64 Å². The van der Waals surface area contributed by atoms with E-state index in [1.807, 2.05) is 6.07 Å². The molecule has 0 aliphatic heterocycles. The van der Waals surface area contributed by atoms with Crippen molar-refractivity contribution < 1.29 is 9.53 Å². The minimum Gasteiger partial charge on any atom is -0.465 e. The number of pyridine rings is 1. The maximum atomic E-state index is 11.8. The maximum absolute atomic E-state index is 11.8. The molecule has 0 aliphatic rings. The third-order valence-electron chi connectivity index (χ3n) is 2.87. The molecule has 0 unspecified atom stereocenters. The summed E-state index contributed by atoms with van der Waals surface area (Å²) in [6.07, 6.45) is 1.60. The number of rotatable bonds is 3. The summed E-state index contributed by atoms with van der Waals surface area (Å²) in [6.45, 7) is 0. The lowest BCUT2D eigenvalue weighted by Crippen LogP contribution is -2.16. The average molecular weight is 267 g/mol. The smallest absolute Gasteiger partial charge is 0.341 e. The van der Waals surface area contributed by atoms with Crippen molar-refractivity contribution >= 4 is 17.5 Å². The Kier molecular flexibility index (Phi) is 3.96. The highest BCUT2D eigenvalue weighted by atomic mass is 16.5. The van der Waals surface area contributed by atoms with Gasteiger partial charge in [0, 0.05) is 18.9 Å². The van der Waals surface area contributed by atoms with Gasteiger partial charge in [0.05, 0.1) is 18.7 Å². The minimum atomic E-state index is -0.448. The van der Waals surface area contributed by atoms with E-state index in [1.165, 1.54) is 7.11 Å². The monoisotopic (exact) mass is 267 g/mol. The molecule has 5 nitrogen and oxygen atoms in total. The Hall–Kier alpha value is -2.87. The number of nitriles is 1. The summed E-state index contributed by atoms with van der Waals surface area (Å²) in [4.78, 5) is 17.7. The summed E-state index contributed by atoms with van der Waals surface area (Å²) in [6, 6.07) is 12.5. The second-order valence-electron chi connectivity index (χ2n) is 4.09. The van der Waals surface area contributed by atoms with Crippen molar-refractivity contribution in [3.63, 3.8) is 0 Å². The van der Waals surface area contributed by atoms with Gasteiger partial charge in [-0.2, -0.15) is 5.26 Å². The first kappa shape index (κ1) is 13.6. The predicted octanol–water partition coefficient (Wildman–Crippen LogP) is 2.51. The summed E-state index contributed by atoms with van der Waals surface area (Å²) in [5.41, 5.74) is 1.69. The molecule has 0 bridgehead atoms. The van der Waals surface area contributed by atoms with Crippen molar-refractivity contribution in [1.29, 1.82) is 5.26 Å². The highest BCUT2D eigenvalue weighted by molar-refractivity contribution is 5.95. The standard InChI is InChI=1S/C15H13N3O2/c1-18(12-6-3-5-11(9-12)10-16)14-13(15(19)20-2)7-4-8-17-14/h3-9H,1-2H3. The third kappa shape index (κ3) is 2.59. The lowest BCUT2D eigenvalue weighted by molar-refractivity contribution is 0.0601. The number of ether oxygens (including phenoxy) is 1. The van der Waals surface area contributed by atoms with E-state index in [1.54, 1.807) is 48.5 Å². The van der Waals surface area contributed by atoms with Crippen LogP contribution >= 0.6 is 0 Å². The lowest BCUT2D eigenvalue weighted by atomic mass is 10.2. The van der Waals surface area contributed by atoms with E-state index in [4.69, 9.17) is 10.00 Å². The predicted molar refractivity (Wildman–Crippen MR) is 74.8 cm³/mol. The molecule has 0 saturated carbocycles. The summed E-state index contributed by atoms with van der Waals surface area (Å²) >= 11 is 0. The molecular weight excluding hydrogens is 254 g/mol. The summed E-state index contributed by atoms with van der Waals surface area (Å²) in [7, 11) is 3.11. The molecule has 0 spiro atoms. The molecule has 0 amide bonds. The molecule has 0 radical (unpaired) electrons. The number of carbonyl (C=O) groups is 1. The van der Waals surface area contributed by atoms with Crippen molar-refractivity contribution in [1.82, 2.24) is 4.98 Å². The van der Waals surface area contributed by atoms with Crippen molar-refractivity contribution in [2.24, 2.45) is 0 Å². The molecule has 0 fully saturated rings. The van der Waals surface area contributed by atoms with E-state index in [2.05, 4.69) is 11.1 Å². The zero-order chi connectivity index (χ0) is 14.5. The first-order valence-corrected chi connectivity index (χ1v) is 5.94. The number of benzene rings is 1. The number of esters is 1. The van der Waals surface area contributed by atoms with Crippen LogP contribution in [0.5, 0.6) is 0 Å². The van der Waals surface area contributed by atoms with E-state index in [9.17, 15) is 4.79 Å². The first-order valence-electron chi connectivity index (χ1n) is 5.94. The fourth-order valence-electron chi connectivity index (χ4n) is 1.84. The average Bonchev–Trinajstić information content (AvgIpc) is 2.53. The van der Waals surface area contributed by atoms with Crippen LogP contribution in [0.1, 0.15) is 15.9 Å². The van der Waals surface area contributed by atoms with Crippen LogP contribution < -0.4 is 4.90 Å². The minimum absolute atomic E-state index is 0.375. The second-order valence-corrected chi connectivity index (χ2v) is 4.09. The molecule has 1 aromatic carbocycles. The number of methoxy groups -OCH3 is 1. The van der Waals surface area contributed by atoms with E-state index in [0.29, 0.717) is 16.9 Å². The zero-order valence-corrected chi connectivity index (χ0v) is 11.2. The normalized spacial score (nSPS) is 9.65.